The molecule has 17 heavy (non-hydrogen) atoms. The first-order valence-corrected chi connectivity index (χ1v) is 5.55. The highest BCUT2D eigenvalue weighted by Gasteiger charge is 1.85. The molecule has 0 aliphatic rings. The Morgan fingerprint density at radius 3 is 1.88 bits per heavy atom. The quantitative estimate of drug-likeness (QED) is 0.758. The van der Waals surface area contributed by atoms with Crippen molar-refractivity contribution in [2.75, 3.05) is 12.8 Å². The molecule has 0 aliphatic heterocycles. The second kappa shape index (κ2) is 6.59. The highest BCUT2D eigenvalue weighted by Crippen LogP contribution is 2.09. The van der Waals surface area contributed by atoms with E-state index >= 15 is 0 Å². The zero-order chi connectivity index (χ0) is 12.7. The monoisotopic (exact) mass is 229 g/mol. The van der Waals surface area contributed by atoms with Crippen LogP contribution in [0.25, 0.3) is 0 Å². The van der Waals surface area contributed by atoms with Crippen molar-refractivity contribution < 1.29 is 4.74 Å². The number of rotatable bonds is 1. The van der Waals surface area contributed by atoms with Gasteiger partial charge >= 0.3 is 0 Å². The number of nitrogens with two attached hydrogens (primary N) is 1. The van der Waals surface area contributed by atoms with Crippen LogP contribution in [0.5, 0.6) is 5.75 Å². The summed E-state index contributed by atoms with van der Waals surface area (Å²) in [6, 6.07) is 15.8. The van der Waals surface area contributed by atoms with E-state index in [1.54, 1.807) is 7.11 Å². The molecule has 0 saturated heterocycles. The summed E-state index contributed by atoms with van der Waals surface area (Å²) in [4.78, 5) is 0. The van der Waals surface area contributed by atoms with Gasteiger partial charge in [0, 0.05) is 5.69 Å². The highest BCUT2D eigenvalue weighted by atomic mass is 16.5. The van der Waals surface area contributed by atoms with Gasteiger partial charge in [-0.2, -0.15) is 0 Å². The van der Waals surface area contributed by atoms with Crippen molar-refractivity contribution >= 4 is 5.69 Å². The van der Waals surface area contributed by atoms with Crippen LogP contribution in [0.15, 0.2) is 48.5 Å². The van der Waals surface area contributed by atoms with Crippen molar-refractivity contribution in [2.45, 2.75) is 13.8 Å². The Kier molecular flexibility index (Phi) is 5.08. The summed E-state index contributed by atoms with van der Waals surface area (Å²) >= 11 is 0. The maximum atomic E-state index is 5.52. The summed E-state index contributed by atoms with van der Waals surface area (Å²) in [5, 5.41) is 0. The second-order valence-electron chi connectivity index (χ2n) is 3.87. The molecule has 0 fully saturated rings. The maximum Gasteiger partial charge on any atom is 0.118 e. The summed E-state index contributed by atoms with van der Waals surface area (Å²) in [5.41, 5.74) is 8.79. The average Bonchev–Trinajstić information content (AvgIpc) is 2.35. The van der Waals surface area contributed by atoms with E-state index in [-0.39, 0.29) is 0 Å². The van der Waals surface area contributed by atoms with Crippen LogP contribution in [0.1, 0.15) is 11.1 Å². The second-order valence-corrected chi connectivity index (χ2v) is 3.87. The van der Waals surface area contributed by atoms with Crippen molar-refractivity contribution in [1.29, 1.82) is 0 Å². The molecule has 2 N–H and O–H groups in total. The number of aryl methyl sites for hydroxylation is 2. The minimum absolute atomic E-state index is 0.868. The maximum absolute atomic E-state index is 5.52. The van der Waals surface area contributed by atoms with Crippen molar-refractivity contribution in [2.24, 2.45) is 0 Å². The van der Waals surface area contributed by atoms with Gasteiger partial charge in [-0.1, -0.05) is 35.9 Å². The molecule has 90 valence electrons. The predicted molar refractivity (Wildman–Crippen MR) is 73.3 cm³/mol. The Morgan fingerprint density at radius 2 is 1.47 bits per heavy atom. The number of ether oxygens (including phenoxy) is 1. The number of benzene rings is 2. The van der Waals surface area contributed by atoms with Gasteiger partial charge in [0.05, 0.1) is 7.11 Å². The van der Waals surface area contributed by atoms with Gasteiger partial charge in [0.15, 0.2) is 0 Å². The summed E-state index contributed by atoms with van der Waals surface area (Å²) in [6.45, 7) is 4.05. The van der Waals surface area contributed by atoms with E-state index in [0.717, 1.165) is 17.0 Å². The first kappa shape index (κ1) is 13.1. The number of hydrogen-bond donors (Lipinski definition) is 1. The Morgan fingerprint density at radius 1 is 0.882 bits per heavy atom. The molecule has 0 aromatic heterocycles. The van der Waals surface area contributed by atoms with Gasteiger partial charge < -0.3 is 10.5 Å². The number of hydrogen-bond acceptors (Lipinski definition) is 2. The normalized spacial score (nSPS) is 9.12. The van der Waals surface area contributed by atoms with E-state index in [1.165, 1.54) is 5.56 Å². The molecule has 2 aromatic rings. The summed E-state index contributed by atoms with van der Waals surface area (Å²) < 4.78 is 4.97. The van der Waals surface area contributed by atoms with Gasteiger partial charge in [-0.25, -0.2) is 0 Å². The molecule has 0 unspecified atom stereocenters. The van der Waals surface area contributed by atoms with Crippen molar-refractivity contribution in [3.8, 4) is 5.75 Å². The molecule has 2 rings (SSSR count). The Hall–Kier alpha value is -1.96. The highest BCUT2D eigenvalue weighted by molar-refractivity contribution is 5.44. The first-order chi connectivity index (χ1) is 8.13. The minimum Gasteiger partial charge on any atom is -0.497 e. The smallest absolute Gasteiger partial charge is 0.118 e. The third kappa shape index (κ3) is 4.60. The lowest BCUT2D eigenvalue weighted by Gasteiger charge is -1.97. The Bertz CT molecular complexity index is 428. The molecule has 2 nitrogen and oxygen atoms in total. The molecule has 0 heterocycles. The largest absolute Gasteiger partial charge is 0.497 e. The van der Waals surface area contributed by atoms with Crippen LogP contribution in [0.3, 0.4) is 0 Å². The van der Waals surface area contributed by atoms with E-state index in [1.807, 2.05) is 55.5 Å². The molecule has 0 radical (unpaired) electrons. The lowest BCUT2D eigenvalue weighted by atomic mass is 10.2. The van der Waals surface area contributed by atoms with Gasteiger partial charge in [-0.05, 0) is 37.6 Å². The van der Waals surface area contributed by atoms with Gasteiger partial charge in [0.25, 0.3) is 0 Å². The Labute approximate surface area is 103 Å². The van der Waals surface area contributed by atoms with Crippen LogP contribution in [-0.4, -0.2) is 7.11 Å². The zero-order valence-corrected chi connectivity index (χ0v) is 10.6. The van der Waals surface area contributed by atoms with Crippen LogP contribution >= 0.6 is 0 Å². The fourth-order valence-electron chi connectivity index (χ4n) is 1.26. The van der Waals surface area contributed by atoms with E-state index in [4.69, 9.17) is 10.5 Å². The van der Waals surface area contributed by atoms with Gasteiger partial charge in [0.1, 0.15) is 5.75 Å². The SMILES string of the molecule is COc1ccc(C)cc1.Cc1ccccc1N. The molecule has 0 bridgehead atoms. The summed E-state index contributed by atoms with van der Waals surface area (Å²) in [5.74, 6) is 0.917. The van der Waals surface area contributed by atoms with E-state index in [0.29, 0.717) is 0 Å². The molecule has 0 amide bonds. The van der Waals surface area contributed by atoms with E-state index in [2.05, 4.69) is 6.92 Å². The average molecular weight is 229 g/mol. The zero-order valence-electron chi connectivity index (χ0n) is 10.6. The Balaban J connectivity index is 0.000000171. The van der Waals surface area contributed by atoms with Crippen LogP contribution in [0.2, 0.25) is 0 Å². The van der Waals surface area contributed by atoms with Gasteiger partial charge in [-0.3, -0.25) is 0 Å². The van der Waals surface area contributed by atoms with Gasteiger partial charge in [0.2, 0.25) is 0 Å². The lowest BCUT2D eigenvalue weighted by molar-refractivity contribution is 0.414. The van der Waals surface area contributed by atoms with Crippen LogP contribution < -0.4 is 10.5 Å². The molecule has 0 spiro atoms. The third-order valence-electron chi connectivity index (χ3n) is 2.45. The standard InChI is InChI=1S/C8H10O.C7H9N/c1-7-3-5-8(9-2)6-4-7;1-6-4-2-3-5-7(6)8/h3-6H,1-2H3;2-5H,8H2,1H3. The molecule has 2 aromatic carbocycles. The van der Waals surface area contributed by atoms with E-state index in [9.17, 15) is 0 Å². The fourth-order valence-corrected chi connectivity index (χ4v) is 1.26. The number of methoxy groups -OCH3 is 1. The van der Waals surface area contributed by atoms with Crippen molar-refractivity contribution in [3.05, 3.63) is 59.7 Å². The van der Waals surface area contributed by atoms with Gasteiger partial charge in [-0.15, -0.1) is 0 Å². The molecular weight excluding hydrogens is 210 g/mol. The summed E-state index contributed by atoms with van der Waals surface area (Å²) in [6.07, 6.45) is 0. The molecule has 0 aliphatic carbocycles. The predicted octanol–water partition coefficient (Wildman–Crippen LogP) is 3.58. The fraction of sp³-hybridized carbons (Fsp3) is 0.200. The summed E-state index contributed by atoms with van der Waals surface area (Å²) in [7, 11) is 1.67. The molecule has 0 saturated carbocycles. The van der Waals surface area contributed by atoms with Crippen LogP contribution in [0.4, 0.5) is 5.69 Å². The van der Waals surface area contributed by atoms with Crippen LogP contribution in [0, 0.1) is 13.8 Å². The van der Waals surface area contributed by atoms with Crippen LogP contribution in [-0.2, 0) is 0 Å². The molecule has 2 heteroatoms. The van der Waals surface area contributed by atoms with Crippen molar-refractivity contribution in [1.82, 2.24) is 0 Å². The molecular formula is C15H19NO. The minimum atomic E-state index is 0.868. The topological polar surface area (TPSA) is 35.2 Å². The number of para-hydroxylation sites is 1. The third-order valence-corrected chi connectivity index (χ3v) is 2.45. The first-order valence-electron chi connectivity index (χ1n) is 5.55. The molecule has 0 atom stereocenters. The lowest BCUT2D eigenvalue weighted by Crippen LogP contribution is -1.85. The number of nitrogen functional groups attached to an aromatic ring is 1. The number of anilines is 1. The van der Waals surface area contributed by atoms with E-state index < -0.39 is 0 Å². The van der Waals surface area contributed by atoms with Crippen molar-refractivity contribution in [3.63, 3.8) is 0 Å².